The standard InChI is InChI=1S/C11H12Cl2N4O/c1-6(2)18-11-4-10(16-17-11)15-8-3-9(13)14-5-7(8)12/h3-6H,1-2H3,(H2,14,15,16,17). The molecule has 0 aromatic carbocycles. The number of rotatable bonds is 4. The summed E-state index contributed by atoms with van der Waals surface area (Å²) in [5.74, 6) is 1.18. The van der Waals surface area contributed by atoms with Crippen LogP contribution >= 0.6 is 23.2 Å². The predicted molar refractivity (Wildman–Crippen MR) is 71.9 cm³/mol. The molecule has 7 heteroatoms. The van der Waals surface area contributed by atoms with Gasteiger partial charge in [0.15, 0.2) is 0 Å². The Morgan fingerprint density at radius 2 is 2.11 bits per heavy atom. The van der Waals surface area contributed by atoms with E-state index in [2.05, 4.69) is 20.5 Å². The molecule has 0 amide bonds. The zero-order valence-electron chi connectivity index (χ0n) is 9.87. The third kappa shape index (κ3) is 3.27. The van der Waals surface area contributed by atoms with Crippen molar-refractivity contribution in [2.45, 2.75) is 20.0 Å². The number of anilines is 2. The highest BCUT2D eigenvalue weighted by molar-refractivity contribution is 6.34. The van der Waals surface area contributed by atoms with Gasteiger partial charge < -0.3 is 10.1 Å². The quantitative estimate of drug-likeness (QED) is 0.843. The Kier molecular flexibility index (Phi) is 3.93. The first-order valence-electron chi connectivity index (χ1n) is 5.34. The van der Waals surface area contributed by atoms with Crippen molar-refractivity contribution in [1.82, 2.24) is 15.2 Å². The van der Waals surface area contributed by atoms with Crippen LogP contribution in [0.4, 0.5) is 11.5 Å². The SMILES string of the molecule is CC(C)Oc1cc(Nc2cc(Cl)ncc2Cl)[nH]n1. The molecule has 0 atom stereocenters. The van der Waals surface area contributed by atoms with Crippen LogP contribution in [-0.2, 0) is 0 Å². The second-order valence-electron chi connectivity index (χ2n) is 3.90. The molecule has 2 rings (SSSR count). The number of hydrogen-bond donors (Lipinski definition) is 2. The third-order valence-corrected chi connectivity index (χ3v) is 2.51. The van der Waals surface area contributed by atoms with Crippen molar-refractivity contribution in [2.75, 3.05) is 5.32 Å². The van der Waals surface area contributed by atoms with E-state index in [-0.39, 0.29) is 6.10 Å². The zero-order chi connectivity index (χ0) is 13.1. The van der Waals surface area contributed by atoms with Crippen molar-refractivity contribution in [3.63, 3.8) is 0 Å². The number of halogens is 2. The number of aromatic amines is 1. The lowest BCUT2D eigenvalue weighted by molar-refractivity contribution is 0.232. The van der Waals surface area contributed by atoms with Crippen molar-refractivity contribution >= 4 is 34.7 Å². The fourth-order valence-electron chi connectivity index (χ4n) is 1.32. The van der Waals surface area contributed by atoms with E-state index in [0.29, 0.717) is 27.6 Å². The summed E-state index contributed by atoms with van der Waals surface area (Å²) in [5.41, 5.74) is 0.649. The van der Waals surface area contributed by atoms with Gasteiger partial charge in [-0.1, -0.05) is 23.2 Å². The topological polar surface area (TPSA) is 62.8 Å². The lowest BCUT2D eigenvalue weighted by Crippen LogP contribution is -2.05. The Labute approximate surface area is 114 Å². The van der Waals surface area contributed by atoms with E-state index in [9.17, 15) is 0 Å². The molecule has 18 heavy (non-hydrogen) atoms. The Morgan fingerprint density at radius 3 is 2.83 bits per heavy atom. The van der Waals surface area contributed by atoms with Crippen LogP contribution in [0.25, 0.3) is 0 Å². The molecule has 0 saturated heterocycles. The van der Waals surface area contributed by atoms with Gasteiger partial charge in [0.25, 0.3) is 0 Å². The second kappa shape index (κ2) is 5.46. The monoisotopic (exact) mass is 286 g/mol. The summed E-state index contributed by atoms with van der Waals surface area (Å²) in [6, 6.07) is 3.37. The smallest absolute Gasteiger partial charge is 0.234 e. The van der Waals surface area contributed by atoms with Crippen molar-refractivity contribution in [1.29, 1.82) is 0 Å². The van der Waals surface area contributed by atoms with Crippen molar-refractivity contribution in [3.05, 3.63) is 28.5 Å². The summed E-state index contributed by atoms with van der Waals surface area (Å²) in [6.45, 7) is 3.86. The van der Waals surface area contributed by atoms with Crippen LogP contribution in [0.3, 0.4) is 0 Å². The molecule has 5 nitrogen and oxygen atoms in total. The van der Waals surface area contributed by atoms with Gasteiger partial charge in [-0.3, -0.25) is 5.10 Å². The lowest BCUT2D eigenvalue weighted by Gasteiger charge is -2.05. The summed E-state index contributed by atoms with van der Waals surface area (Å²) in [7, 11) is 0. The molecule has 0 aliphatic heterocycles. The van der Waals surface area contributed by atoms with Gasteiger partial charge in [0, 0.05) is 18.3 Å². The van der Waals surface area contributed by atoms with Crippen LogP contribution in [0.5, 0.6) is 5.88 Å². The Hall–Kier alpha value is -1.46. The average Bonchev–Trinajstić information content (AvgIpc) is 2.70. The predicted octanol–water partition coefficient (Wildman–Crippen LogP) is 3.64. The van der Waals surface area contributed by atoms with Crippen LogP contribution in [-0.4, -0.2) is 21.3 Å². The van der Waals surface area contributed by atoms with Crippen molar-refractivity contribution < 1.29 is 4.74 Å². The number of H-pyrrole nitrogens is 1. The first-order chi connectivity index (χ1) is 8.54. The molecule has 0 radical (unpaired) electrons. The highest BCUT2D eigenvalue weighted by Gasteiger charge is 2.07. The largest absolute Gasteiger partial charge is 0.474 e. The van der Waals surface area contributed by atoms with E-state index in [4.69, 9.17) is 27.9 Å². The van der Waals surface area contributed by atoms with Crippen LogP contribution in [0, 0.1) is 0 Å². The van der Waals surface area contributed by atoms with Crippen LogP contribution in [0.2, 0.25) is 10.2 Å². The molecule has 2 aromatic heterocycles. The molecule has 0 saturated carbocycles. The van der Waals surface area contributed by atoms with Gasteiger partial charge in [0.1, 0.15) is 11.0 Å². The maximum absolute atomic E-state index is 5.99. The highest BCUT2D eigenvalue weighted by atomic mass is 35.5. The van der Waals surface area contributed by atoms with Crippen LogP contribution in [0.1, 0.15) is 13.8 Å². The molecule has 0 fully saturated rings. The summed E-state index contributed by atoms with van der Waals surface area (Å²) < 4.78 is 5.43. The van der Waals surface area contributed by atoms with Gasteiger partial charge in [-0.25, -0.2) is 4.98 Å². The molecular weight excluding hydrogens is 275 g/mol. The number of ether oxygens (including phenoxy) is 1. The first-order valence-corrected chi connectivity index (χ1v) is 6.10. The number of aromatic nitrogens is 3. The molecule has 2 N–H and O–H groups in total. The summed E-state index contributed by atoms with van der Waals surface area (Å²) >= 11 is 11.8. The Balaban J connectivity index is 2.13. The fourth-order valence-corrected chi connectivity index (χ4v) is 1.63. The van der Waals surface area contributed by atoms with E-state index in [1.807, 2.05) is 13.8 Å². The van der Waals surface area contributed by atoms with Gasteiger partial charge in [-0.15, -0.1) is 5.10 Å². The minimum absolute atomic E-state index is 0.0695. The number of nitrogens with one attached hydrogen (secondary N) is 2. The average molecular weight is 287 g/mol. The molecular formula is C11H12Cl2N4O. The summed E-state index contributed by atoms with van der Waals surface area (Å²) in [4.78, 5) is 3.87. The maximum Gasteiger partial charge on any atom is 0.234 e. The Morgan fingerprint density at radius 1 is 1.33 bits per heavy atom. The molecule has 2 aromatic rings. The van der Waals surface area contributed by atoms with Gasteiger partial charge in [0.2, 0.25) is 5.88 Å². The molecule has 0 spiro atoms. The summed E-state index contributed by atoms with van der Waals surface area (Å²) in [6.07, 6.45) is 1.55. The number of nitrogens with zero attached hydrogens (tertiary/aromatic N) is 2. The normalized spacial score (nSPS) is 10.7. The van der Waals surface area contributed by atoms with E-state index in [1.54, 1.807) is 12.1 Å². The van der Waals surface area contributed by atoms with E-state index in [1.165, 1.54) is 6.20 Å². The maximum atomic E-state index is 5.99. The first kappa shape index (κ1) is 13.0. The van der Waals surface area contributed by atoms with Crippen LogP contribution < -0.4 is 10.1 Å². The van der Waals surface area contributed by atoms with Gasteiger partial charge in [-0.05, 0) is 13.8 Å². The minimum Gasteiger partial charge on any atom is -0.474 e. The van der Waals surface area contributed by atoms with Gasteiger partial charge in [-0.2, -0.15) is 0 Å². The van der Waals surface area contributed by atoms with Gasteiger partial charge in [0.05, 0.1) is 16.8 Å². The zero-order valence-corrected chi connectivity index (χ0v) is 11.4. The lowest BCUT2D eigenvalue weighted by atomic mass is 10.4. The fraction of sp³-hybridized carbons (Fsp3) is 0.273. The third-order valence-electron chi connectivity index (χ3n) is 2.00. The minimum atomic E-state index is 0.0695. The Bertz CT molecular complexity index is 542. The molecule has 2 heterocycles. The number of pyridine rings is 1. The number of hydrogen-bond acceptors (Lipinski definition) is 4. The molecule has 0 aliphatic rings. The van der Waals surface area contributed by atoms with Crippen molar-refractivity contribution in [2.24, 2.45) is 0 Å². The van der Waals surface area contributed by atoms with Crippen LogP contribution in [0.15, 0.2) is 18.3 Å². The molecule has 0 unspecified atom stereocenters. The summed E-state index contributed by atoms with van der Waals surface area (Å²) in [5, 5.41) is 10.7. The second-order valence-corrected chi connectivity index (χ2v) is 4.69. The van der Waals surface area contributed by atoms with Crippen molar-refractivity contribution in [3.8, 4) is 5.88 Å². The van der Waals surface area contributed by atoms with E-state index in [0.717, 1.165) is 0 Å². The molecule has 0 aliphatic carbocycles. The van der Waals surface area contributed by atoms with Gasteiger partial charge >= 0.3 is 0 Å². The molecule has 0 bridgehead atoms. The van der Waals surface area contributed by atoms with E-state index >= 15 is 0 Å². The highest BCUT2D eigenvalue weighted by Crippen LogP contribution is 2.27. The van der Waals surface area contributed by atoms with E-state index < -0.39 is 0 Å². The molecule has 96 valence electrons.